The van der Waals surface area contributed by atoms with Gasteiger partial charge in [0.2, 0.25) is 0 Å². The molecule has 0 bridgehead atoms. The molecule has 0 aromatic carbocycles. The molecule has 0 radical (unpaired) electrons. The smallest absolute Gasteiger partial charge is 0.0350 e. The van der Waals surface area contributed by atoms with E-state index in [1.807, 2.05) is 13.8 Å². The van der Waals surface area contributed by atoms with Crippen LogP contribution in [0.25, 0.3) is 0 Å². The van der Waals surface area contributed by atoms with Crippen LogP contribution < -0.4 is 0 Å². The molecule has 0 aromatic heterocycles. The molecule has 2 saturated heterocycles. The Kier molecular flexibility index (Phi) is 5.62. The van der Waals surface area contributed by atoms with E-state index < -0.39 is 0 Å². The summed E-state index contributed by atoms with van der Waals surface area (Å²) in [7, 11) is 0. The normalized spacial score (nSPS) is 25.6. The lowest BCUT2D eigenvalue weighted by molar-refractivity contribution is 0.0192. The molecule has 15 heavy (non-hydrogen) atoms. The van der Waals surface area contributed by atoms with Gasteiger partial charge in [0.05, 0.1) is 0 Å². The summed E-state index contributed by atoms with van der Waals surface area (Å²) in [6.07, 6.45) is 2.84. The maximum atomic E-state index is 2.70. The van der Waals surface area contributed by atoms with Crippen molar-refractivity contribution >= 4 is 0 Å². The van der Waals surface area contributed by atoms with Gasteiger partial charge in [-0.05, 0) is 38.4 Å². The fraction of sp³-hybridized carbons (Fsp3) is 1.00. The van der Waals surface area contributed by atoms with E-state index in [-0.39, 0.29) is 0 Å². The van der Waals surface area contributed by atoms with Crippen molar-refractivity contribution in [3.8, 4) is 0 Å². The van der Waals surface area contributed by atoms with Gasteiger partial charge in [0.1, 0.15) is 0 Å². The van der Waals surface area contributed by atoms with Crippen LogP contribution in [-0.2, 0) is 0 Å². The maximum absolute atomic E-state index is 2.70. The number of likely N-dealkylation sites (N-methyl/N-ethyl adjacent to an activating group) is 1. The zero-order chi connectivity index (χ0) is 11.3. The number of nitrogens with zero attached hydrogens (tertiary/aromatic N) is 2. The van der Waals surface area contributed by atoms with E-state index in [4.69, 9.17) is 0 Å². The lowest BCUT2D eigenvalue weighted by Gasteiger charge is -2.47. The van der Waals surface area contributed by atoms with Gasteiger partial charge in [-0.3, -0.25) is 4.90 Å². The lowest BCUT2D eigenvalue weighted by atomic mass is 9.96. The highest BCUT2D eigenvalue weighted by atomic mass is 15.3. The summed E-state index contributed by atoms with van der Waals surface area (Å²) in [6.45, 7) is 15.2. The van der Waals surface area contributed by atoms with Crippen molar-refractivity contribution in [2.75, 3.05) is 32.7 Å². The second kappa shape index (κ2) is 6.49. The summed E-state index contributed by atoms with van der Waals surface area (Å²) in [6, 6.07) is 0.896. The first-order valence-electron chi connectivity index (χ1n) is 6.76. The maximum Gasteiger partial charge on any atom is 0.0350 e. The molecule has 2 heteroatoms. The van der Waals surface area contributed by atoms with Crippen LogP contribution in [-0.4, -0.2) is 48.6 Å². The van der Waals surface area contributed by atoms with Crippen LogP contribution in [0.15, 0.2) is 0 Å². The predicted octanol–water partition coefficient (Wildman–Crippen LogP) is 2.45. The molecule has 0 spiro atoms. The molecule has 90 valence electrons. The van der Waals surface area contributed by atoms with E-state index in [2.05, 4.69) is 23.6 Å². The van der Waals surface area contributed by atoms with Crippen LogP contribution >= 0.6 is 0 Å². The first-order valence-corrected chi connectivity index (χ1v) is 6.76. The Hall–Kier alpha value is -0.0800. The van der Waals surface area contributed by atoms with Gasteiger partial charge >= 0.3 is 0 Å². The molecule has 2 aliphatic rings. The third-order valence-corrected chi connectivity index (χ3v) is 3.72. The zero-order valence-corrected chi connectivity index (χ0v) is 11.0. The van der Waals surface area contributed by atoms with Gasteiger partial charge in [0, 0.05) is 19.1 Å². The van der Waals surface area contributed by atoms with Crippen LogP contribution in [0, 0.1) is 5.92 Å². The fourth-order valence-corrected chi connectivity index (χ4v) is 2.43. The third kappa shape index (κ3) is 3.46. The van der Waals surface area contributed by atoms with Crippen LogP contribution in [0.4, 0.5) is 0 Å². The minimum atomic E-state index is 0.896. The quantitative estimate of drug-likeness (QED) is 0.694. The van der Waals surface area contributed by atoms with Crippen molar-refractivity contribution < 1.29 is 0 Å². The van der Waals surface area contributed by atoms with Crippen LogP contribution in [0.3, 0.4) is 0 Å². The van der Waals surface area contributed by atoms with Crippen molar-refractivity contribution in [3.05, 3.63) is 0 Å². The molecule has 0 N–H and O–H groups in total. The molecule has 2 nitrogen and oxygen atoms in total. The summed E-state index contributed by atoms with van der Waals surface area (Å²) in [5.74, 6) is 0.971. The summed E-state index contributed by atoms with van der Waals surface area (Å²) < 4.78 is 0. The van der Waals surface area contributed by atoms with Gasteiger partial charge in [-0.15, -0.1) is 0 Å². The van der Waals surface area contributed by atoms with Crippen molar-refractivity contribution in [2.45, 2.75) is 46.6 Å². The molecule has 0 atom stereocenters. The number of hydrogen-bond donors (Lipinski definition) is 0. The van der Waals surface area contributed by atoms with E-state index in [0.717, 1.165) is 12.0 Å². The average molecular weight is 212 g/mol. The Bertz CT molecular complexity index is 156. The highest BCUT2D eigenvalue weighted by Gasteiger charge is 2.31. The molecule has 0 unspecified atom stereocenters. The van der Waals surface area contributed by atoms with Crippen LogP contribution in [0.5, 0.6) is 0 Å². The molecular formula is C13H28N2. The number of hydrogen-bond acceptors (Lipinski definition) is 2. The molecule has 0 aliphatic carbocycles. The largest absolute Gasteiger partial charge is 0.300 e. The van der Waals surface area contributed by atoms with E-state index in [9.17, 15) is 0 Å². The minimum Gasteiger partial charge on any atom is -0.300 e. The highest BCUT2D eigenvalue weighted by molar-refractivity contribution is 4.88. The summed E-state index contributed by atoms with van der Waals surface area (Å²) in [4.78, 5) is 5.23. The van der Waals surface area contributed by atoms with Gasteiger partial charge in [-0.25, -0.2) is 0 Å². The van der Waals surface area contributed by atoms with Gasteiger partial charge in [-0.1, -0.05) is 27.7 Å². The summed E-state index contributed by atoms with van der Waals surface area (Å²) in [5.41, 5.74) is 0. The van der Waals surface area contributed by atoms with Crippen molar-refractivity contribution in [1.82, 2.24) is 9.80 Å². The Morgan fingerprint density at radius 2 is 1.60 bits per heavy atom. The Morgan fingerprint density at radius 1 is 1.07 bits per heavy atom. The highest BCUT2D eigenvalue weighted by Crippen LogP contribution is 2.22. The molecule has 2 aliphatic heterocycles. The van der Waals surface area contributed by atoms with Crippen molar-refractivity contribution in [3.63, 3.8) is 0 Å². The van der Waals surface area contributed by atoms with E-state index in [0.29, 0.717) is 0 Å². The van der Waals surface area contributed by atoms with Crippen molar-refractivity contribution in [2.24, 2.45) is 5.92 Å². The molecule has 2 fully saturated rings. The number of likely N-dealkylation sites (tertiary alicyclic amines) is 2. The molecule has 0 amide bonds. The zero-order valence-electron chi connectivity index (χ0n) is 11.0. The first kappa shape index (κ1) is 13.0. The molecule has 0 aromatic rings. The van der Waals surface area contributed by atoms with E-state index in [1.165, 1.54) is 45.6 Å². The second-order valence-corrected chi connectivity index (χ2v) is 4.72. The summed E-state index contributed by atoms with van der Waals surface area (Å²) >= 11 is 0. The SMILES string of the molecule is CC.CCN1CC(N2CCC(C)CC2)C1. The number of rotatable bonds is 2. The second-order valence-electron chi connectivity index (χ2n) is 4.72. The number of piperidine rings is 1. The average Bonchev–Trinajstić information content (AvgIpc) is 2.22. The fourth-order valence-electron chi connectivity index (χ4n) is 2.43. The van der Waals surface area contributed by atoms with Crippen LogP contribution in [0.1, 0.15) is 40.5 Å². The van der Waals surface area contributed by atoms with Crippen molar-refractivity contribution in [1.29, 1.82) is 0 Å². The minimum absolute atomic E-state index is 0.896. The molecule has 0 saturated carbocycles. The Morgan fingerprint density at radius 3 is 2.07 bits per heavy atom. The molecular weight excluding hydrogens is 184 g/mol. The predicted molar refractivity (Wildman–Crippen MR) is 67.2 cm³/mol. The first-order chi connectivity index (χ1) is 7.29. The third-order valence-electron chi connectivity index (χ3n) is 3.72. The van der Waals surface area contributed by atoms with Crippen LogP contribution in [0.2, 0.25) is 0 Å². The molecule has 2 heterocycles. The Labute approximate surface area is 95.6 Å². The topological polar surface area (TPSA) is 6.48 Å². The van der Waals surface area contributed by atoms with Gasteiger partial charge in [-0.2, -0.15) is 0 Å². The monoisotopic (exact) mass is 212 g/mol. The summed E-state index contributed by atoms with van der Waals surface area (Å²) in [5, 5.41) is 0. The molecule has 2 rings (SSSR count). The standard InChI is InChI=1S/C11H22N2.C2H6/c1-3-12-8-11(9-12)13-6-4-10(2)5-7-13;1-2/h10-11H,3-9H2,1-2H3;1-2H3. The van der Waals surface area contributed by atoms with Gasteiger partial charge < -0.3 is 4.90 Å². The Balaban J connectivity index is 0.000000531. The van der Waals surface area contributed by atoms with E-state index >= 15 is 0 Å². The van der Waals surface area contributed by atoms with Gasteiger partial charge in [0.25, 0.3) is 0 Å². The van der Waals surface area contributed by atoms with E-state index in [1.54, 1.807) is 0 Å². The lowest BCUT2D eigenvalue weighted by Crippen LogP contribution is -2.60. The van der Waals surface area contributed by atoms with Gasteiger partial charge in [0.15, 0.2) is 0 Å².